The van der Waals surface area contributed by atoms with Gasteiger partial charge in [-0.2, -0.15) is 0 Å². The number of imidazole rings is 1. The van der Waals surface area contributed by atoms with Crippen molar-refractivity contribution >= 4 is 17.4 Å². The first-order valence-corrected chi connectivity index (χ1v) is 11.1. The molecule has 3 aromatic rings. The van der Waals surface area contributed by atoms with Gasteiger partial charge in [0.05, 0.1) is 7.11 Å². The van der Waals surface area contributed by atoms with Gasteiger partial charge in [-0.05, 0) is 43.7 Å². The molecule has 0 saturated heterocycles. The van der Waals surface area contributed by atoms with Crippen LogP contribution < -0.4 is 21.1 Å². The van der Waals surface area contributed by atoms with Gasteiger partial charge in [-0.25, -0.2) is 28.1 Å². The second-order valence-corrected chi connectivity index (χ2v) is 8.61. The number of hydrogen-bond acceptors (Lipinski definition) is 7. The van der Waals surface area contributed by atoms with E-state index in [9.17, 15) is 13.2 Å². The molecule has 1 aromatic carbocycles. The molecule has 2 aliphatic rings. The Morgan fingerprint density at radius 3 is 2.60 bits per heavy atom. The maximum absolute atomic E-state index is 14.0. The van der Waals surface area contributed by atoms with Gasteiger partial charge < -0.3 is 15.8 Å². The number of nitrogens with zero attached hydrogens (tertiary/aromatic N) is 4. The highest BCUT2D eigenvalue weighted by atomic mass is 35.5. The topological polar surface area (TPSA) is 102 Å². The predicted octanol–water partition coefficient (Wildman–Crippen LogP) is 3.47. The zero-order valence-electron chi connectivity index (χ0n) is 18.7. The molecule has 3 heterocycles. The van der Waals surface area contributed by atoms with Gasteiger partial charge in [-0.1, -0.05) is 11.6 Å². The molecule has 8 nitrogen and oxygen atoms in total. The number of rotatable bonds is 5. The average molecular weight is 504 g/mol. The van der Waals surface area contributed by atoms with Crippen LogP contribution in [0.3, 0.4) is 0 Å². The van der Waals surface area contributed by atoms with Crippen molar-refractivity contribution in [2.45, 2.75) is 24.5 Å². The molecule has 35 heavy (non-hydrogen) atoms. The van der Waals surface area contributed by atoms with Crippen molar-refractivity contribution in [3.8, 4) is 11.6 Å². The van der Waals surface area contributed by atoms with Crippen LogP contribution in [0.4, 0.5) is 13.2 Å². The minimum Gasteiger partial charge on any atom is -0.493 e. The van der Waals surface area contributed by atoms with E-state index in [1.807, 2.05) is 0 Å². The maximum atomic E-state index is 14.0. The van der Waals surface area contributed by atoms with Crippen molar-refractivity contribution < 1.29 is 17.9 Å². The maximum Gasteiger partial charge on any atom is 0.215 e. The van der Waals surface area contributed by atoms with Crippen LogP contribution >= 0.6 is 11.6 Å². The Morgan fingerprint density at radius 2 is 1.97 bits per heavy atom. The Kier molecular flexibility index (Phi) is 5.68. The lowest BCUT2D eigenvalue weighted by Gasteiger charge is -2.37. The van der Waals surface area contributed by atoms with Crippen molar-refractivity contribution in [2.75, 3.05) is 14.2 Å². The summed E-state index contributed by atoms with van der Waals surface area (Å²) < 4.78 is 48.7. The third-order valence-electron chi connectivity index (χ3n) is 6.31. The molecule has 2 atom stereocenters. The molecule has 12 heteroatoms. The number of aliphatic imine (C=N–C) groups is 1. The highest BCUT2D eigenvalue weighted by molar-refractivity contribution is 6.29. The van der Waals surface area contributed by atoms with Crippen LogP contribution in [-0.2, 0) is 5.79 Å². The smallest absolute Gasteiger partial charge is 0.215 e. The summed E-state index contributed by atoms with van der Waals surface area (Å²) in [5, 5.41) is 6.81. The van der Waals surface area contributed by atoms with Crippen molar-refractivity contribution in [2.24, 2.45) is 10.7 Å². The van der Waals surface area contributed by atoms with E-state index in [2.05, 4.69) is 25.6 Å². The van der Waals surface area contributed by atoms with Gasteiger partial charge in [-0.3, -0.25) is 9.88 Å². The molecular weight excluding hydrogens is 483 g/mol. The van der Waals surface area contributed by atoms with Crippen LogP contribution in [0, 0.1) is 17.5 Å². The van der Waals surface area contributed by atoms with Crippen LogP contribution in [0.15, 0.2) is 53.2 Å². The standard InChI is InChI=1S/C23H21ClF3N7O/c1-29-23(12-7-17(35-2)22(30-8-12)34-9-18(24)31-10-34)32-20-13(3-4-14(20)21(28)33-23)11-5-15(25)19(27)16(26)6-11/h5-10,13,29,32H,3-4H2,1-2H3,(H2,28,33). The predicted molar refractivity (Wildman–Crippen MR) is 124 cm³/mol. The monoisotopic (exact) mass is 503 g/mol. The first-order chi connectivity index (χ1) is 16.8. The molecule has 4 N–H and O–H groups in total. The molecule has 0 bridgehead atoms. The van der Waals surface area contributed by atoms with Gasteiger partial charge in [0, 0.05) is 35.1 Å². The molecule has 182 valence electrons. The number of benzene rings is 1. The van der Waals surface area contributed by atoms with E-state index in [0.29, 0.717) is 46.4 Å². The van der Waals surface area contributed by atoms with E-state index in [0.717, 1.165) is 17.7 Å². The summed E-state index contributed by atoms with van der Waals surface area (Å²) in [6.45, 7) is 0. The Morgan fingerprint density at radius 1 is 1.23 bits per heavy atom. The van der Waals surface area contributed by atoms with Gasteiger partial charge >= 0.3 is 0 Å². The normalized spacial score (nSPS) is 21.5. The molecule has 2 aromatic heterocycles. The number of amidine groups is 1. The number of aromatic nitrogens is 3. The van der Waals surface area contributed by atoms with Crippen LogP contribution in [0.25, 0.3) is 5.82 Å². The lowest BCUT2D eigenvalue weighted by molar-refractivity contribution is 0.308. The largest absolute Gasteiger partial charge is 0.493 e. The fraction of sp³-hybridized carbons (Fsp3) is 0.261. The molecule has 0 spiro atoms. The van der Waals surface area contributed by atoms with Crippen LogP contribution in [-0.4, -0.2) is 34.5 Å². The molecule has 1 aliphatic heterocycles. The van der Waals surface area contributed by atoms with Crippen molar-refractivity contribution in [1.29, 1.82) is 0 Å². The van der Waals surface area contributed by atoms with Gasteiger partial charge in [-0.15, -0.1) is 0 Å². The fourth-order valence-corrected chi connectivity index (χ4v) is 4.73. The Balaban J connectivity index is 1.56. The number of hydrogen-bond donors (Lipinski definition) is 3. The average Bonchev–Trinajstić information content (AvgIpc) is 3.48. The fourth-order valence-electron chi connectivity index (χ4n) is 4.58. The third kappa shape index (κ3) is 3.80. The lowest BCUT2D eigenvalue weighted by Crippen LogP contribution is -2.54. The number of methoxy groups -OCH3 is 1. The van der Waals surface area contributed by atoms with Gasteiger partial charge in [0.1, 0.15) is 17.3 Å². The number of pyridine rings is 1. The van der Waals surface area contributed by atoms with Crippen molar-refractivity contribution in [3.05, 3.63) is 81.9 Å². The minimum absolute atomic E-state index is 0.281. The molecule has 5 rings (SSSR count). The molecule has 0 radical (unpaired) electrons. The van der Waals surface area contributed by atoms with E-state index < -0.39 is 29.2 Å². The van der Waals surface area contributed by atoms with Crippen LogP contribution in [0.1, 0.15) is 29.9 Å². The molecule has 0 fully saturated rings. The van der Waals surface area contributed by atoms with Crippen LogP contribution in [0.5, 0.6) is 5.75 Å². The SMILES string of the molecule is CNC1(c2cnc(-n3cnc(Cl)c3)c(OC)c2)N=C(N)C2=C(N1)C(c1cc(F)c(F)c(F)c1)CC2. The second-order valence-electron chi connectivity index (χ2n) is 8.22. The minimum atomic E-state index is -1.50. The van der Waals surface area contributed by atoms with E-state index >= 15 is 0 Å². The first-order valence-electron chi connectivity index (χ1n) is 10.7. The molecule has 1 aliphatic carbocycles. The summed E-state index contributed by atoms with van der Waals surface area (Å²) in [5.41, 5.74) is 8.63. The van der Waals surface area contributed by atoms with E-state index in [-0.39, 0.29) is 5.84 Å². The quantitative estimate of drug-likeness (QED) is 0.461. The number of halogens is 4. The number of nitrogens with two attached hydrogens (primary N) is 1. The zero-order valence-corrected chi connectivity index (χ0v) is 19.5. The van der Waals surface area contributed by atoms with E-state index in [4.69, 9.17) is 22.1 Å². The summed E-state index contributed by atoms with van der Waals surface area (Å²) in [5.74, 6) is -4.49. The third-order valence-corrected chi connectivity index (χ3v) is 6.50. The number of allylic oxidation sites excluding steroid dienone is 1. The summed E-state index contributed by atoms with van der Waals surface area (Å²) in [6.07, 6.45) is 5.77. The summed E-state index contributed by atoms with van der Waals surface area (Å²) >= 11 is 5.94. The zero-order chi connectivity index (χ0) is 24.9. The second kappa shape index (κ2) is 8.58. The van der Waals surface area contributed by atoms with E-state index in [1.54, 1.807) is 30.1 Å². The number of ether oxygens (including phenoxy) is 1. The molecule has 0 saturated carbocycles. The highest BCUT2D eigenvalue weighted by Gasteiger charge is 2.42. The van der Waals surface area contributed by atoms with Crippen LogP contribution in [0.2, 0.25) is 5.15 Å². The Bertz CT molecular complexity index is 1370. The number of nitrogens with one attached hydrogen (secondary N) is 2. The van der Waals surface area contributed by atoms with Crippen molar-refractivity contribution in [3.63, 3.8) is 0 Å². The molecular formula is C23H21ClF3N7O. The highest BCUT2D eigenvalue weighted by Crippen LogP contribution is 2.43. The summed E-state index contributed by atoms with van der Waals surface area (Å²) in [4.78, 5) is 13.2. The van der Waals surface area contributed by atoms with Gasteiger partial charge in [0.2, 0.25) is 5.79 Å². The van der Waals surface area contributed by atoms with Gasteiger partial charge in [0.25, 0.3) is 0 Å². The molecule has 2 unspecified atom stereocenters. The lowest BCUT2D eigenvalue weighted by atomic mass is 9.94. The first kappa shape index (κ1) is 23.2. The summed E-state index contributed by atoms with van der Waals surface area (Å²) in [7, 11) is 3.19. The van der Waals surface area contributed by atoms with Crippen molar-refractivity contribution in [1.82, 2.24) is 25.2 Å². The van der Waals surface area contributed by atoms with Gasteiger partial charge in [0.15, 0.2) is 29.0 Å². The molecule has 0 amide bonds. The van der Waals surface area contributed by atoms with E-state index in [1.165, 1.54) is 13.4 Å². The Hall–Kier alpha value is -3.57. The Labute approximate surface area is 203 Å². The summed E-state index contributed by atoms with van der Waals surface area (Å²) in [6, 6.07) is 3.77.